The van der Waals surface area contributed by atoms with E-state index in [0.29, 0.717) is 29.6 Å². The van der Waals surface area contributed by atoms with E-state index in [1.54, 1.807) is 30.3 Å². The van der Waals surface area contributed by atoms with E-state index in [4.69, 9.17) is 0 Å². The molecule has 1 fully saturated rings. The number of anilines is 1. The highest BCUT2D eigenvalue weighted by Gasteiger charge is 2.26. The molecule has 1 aliphatic rings. The van der Waals surface area contributed by atoms with Crippen LogP contribution in [-0.4, -0.2) is 49.1 Å². The van der Waals surface area contributed by atoms with Crippen LogP contribution in [0.15, 0.2) is 42.5 Å². The molecule has 6 heteroatoms. The first kappa shape index (κ1) is 18.1. The molecule has 0 aromatic heterocycles. The number of amides is 1. The maximum atomic E-state index is 14.0. The van der Waals surface area contributed by atoms with Crippen molar-refractivity contribution in [1.82, 2.24) is 4.90 Å². The largest absolute Gasteiger partial charge is 0.465 e. The molecule has 1 heterocycles. The molecule has 5 nitrogen and oxygen atoms in total. The molecule has 1 atom stereocenters. The minimum Gasteiger partial charge on any atom is -0.465 e. The third-order valence-electron chi connectivity index (χ3n) is 4.79. The van der Waals surface area contributed by atoms with E-state index >= 15 is 0 Å². The Hall–Kier alpha value is -2.73. The molecule has 0 spiro atoms. The number of aldehydes is 1. The maximum Gasteiger partial charge on any atom is 0.411 e. The van der Waals surface area contributed by atoms with E-state index in [0.717, 1.165) is 19.5 Å². The van der Waals surface area contributed by atoms with Crippen molar-refractivity contribution in [3.63, 3.8) is 0 Å². The van der Waals surface area contributed by atoms with Gasteiger partial charge in [-0.1, -0.05) is 24.3 Å². The van der Waals surface area contributed by atoms with Crippen LogP contribution in [-0.2, 0) is 0 Å². The third-order valence-corrected chi connectivity index (χ3v) is 4.79. The number of rotatable bonds is 5. The first-order chi connectivity index (χ1) is 12.5. The second-order valence-electron chi connectivity index (χ2n) is 6.68. The fraction of sp³-hybridized carbons (Fsp3) is 0.300. The van der Waals surface area contributed by atoms with Crippen LogP contribution in [0.25, 0.3) is 11.1 Å². The normalized spacial score (nSPS) is 17.2. The minimum absolute atomic E-state index is 0.0182. The molecule has 0 bridgehead atoms. The number of para-hydroxylation sites is 1. The predicted octanol–water partition coefficient (Wildman–Crippen LogP) is 3.74. The van der Waals surface area contributed by atoms with Gasteiger partial charge in [-0.05, 0) is 49.7 Å². The van der Waals surface area contributed by atoms with E-state index < -0.39 is 11.9 Å². The van der Waals surface area contributed by atoms with Gasteiger partial charge in [-0.15, -0.1) is 0 Å². The number of carboxylic acid groups (broad SMARTS) is 1. The summed E-state index contributed by atoms with van der Waals surface area (Å²) in [5.74, 6) is -0.357. The lowest BCUT2D eigenvalue weighted by atomic mass is 10.0. The molecule has 0 saturated carbocycles. The predicted molar refractivity (Wildman–Crippen MR) is 98.2 cm³/mol. The van der Waals surface area contributed by atoms with E-state index in [2.05, 4.69) is 4.90 Å². The molecule has 2 aromatic carbocycles. The van der Waals surface area contributed by atoms with Crippen molar-refractivity contribution >= 4 is 18.1 Å². The lowest BCUT2D eigenvalue weighted by molar-refractivity contribution is 0.111. The van der Waals surface area contributed by atoms with Crippen molar-refractivity contribution in [1.29, 1.82) is 0 Å². The van der Waals surface area contributed by atoms with Gasteiger partial charge in [0.05, 0.1) is 11.3 Å². The molecule has 1 saturated heterocycles. The highest BCUT2D eigenvalue weighted by Crippen LogP contribution is 2.33. The first-order valence-corrected chi connectivity index (χ1v) is 8.52. The van der Waals surface area contributed by atoms with Gasteiger partial charge in [0.25, 0.3) is 0 Å². The van der Waals surface area contributed by atoms with Crippen LogP contribution in [0.1, 0.15) is 16.8 Å². The van der Waals surface area contributed by atoms with Gasteiger partial charge in [0, 0.05) is 18.7 Å². The Morgan fingerprint density at radius 2 is 2.12 bits per heavy atom. The highest BCUT2D eigenvalue weighted by atomic mass is 19.1. The molecule has 1 aliphatic heterocycles. The Morgan fingerprint density at radius 1 is 1.35 bits per heavy atom. The van der Waals surface area contributed by atoms with Gasteiger partial charge < -0.3 is 10.0 Å². The quantitative estimate of drug-likeness (QED) is 0.829. The van der Waals surface area contributed by atoms with Crippen molar-refractivity contribution in [3.05, 3.63) is 53.8 Å². The Kier molecular flexibility index (Phi) is 5.32. The fourth-order valence-electron chi connectivity index (χ4n) is 3.46. The van der Waals surface area contributed by atoms with Crippen molar-refractivity contribution in [2.45, 2.75) is 6.42 Å². The second kappa shape index (κ2) is 7.66. The number of likely N-dealkylation sites (tertiary alicyclic amines) is 1. The summed E-state index contributed by atoms with van der Waals surface area (Å²) in [4.78, 5) is 26.3. The molecule has 1 amide bonds. The third kappa shape index (κ3) is 3.75. The van der Waals surface area contributed by atoms with Crippen LogP contribution in [0.3, 0.4) is 0 Å². The Bertz CT molecular complexity index is 824. The minimum atomic E-state index is -1.03. The summed E-state index contributed by atoms with van der Waals surface area (Å²) in [5.41, 5.74) is 1.67. The SMILES string of the molecule is CN1CC[C@@H](CN(C(=O)O)c2ccccc2-c2ccc(C=O)c(F)c2)C1. The van der Waals surface area contributed by atoms with Crippen molar-refractivity contribution < 1.29 is 19.1 Å². The smallest absolute Gasteiger partial charge is 0.411 e. The number of carbonyl (C=O) groups is 2. The highest BCUT2D eigenvalue weighted by molar-refractivity contribution is 5.93. The molecule has 136 valence electrons. The summed E-state index contributed by atoms with van der Waals surface area (Å²) in [5, 5.41) is 9.75. The van der Waals surface area contributed by atoms with Crippen LogP contribution in [0, 0.1) is 11.7 Å². The van der Waals surface area contributed by atoms with Gasteiger partial charge in [0.2, 0.25) is 0 Å². The summed E-state index contributed by atoms with van der Waals surface area (Å²) in [6.45, 7) is 2.21. The molecule has 0 radical (unpaired) electrons. The van der Waals surface area contributed by atoms with E-state index in [1.165, 1.54) is 17.0 Å². The van der Waals surface area contributed by atoms with Crippen LogP contribution >= 0.6 is 0 Å². The van der Waals surface area contributed by atoms with Crippen molar-refractivity contribution in [2.75, 3.05) is 31.6 Å². The topological polar surface area (TPSA) is 60.9 Å². The monoisotopic (exact) mass is 356 g/mol. The lowest BCUT2D eigenvalue weighted by Crippen LogP contribution is -2.35. The van der Waals surface area contributed by atoms with Crippen LogP contribution in [0.2, 0.25) is 0 Å². The zero-order valence-electron chi connectivity index (χ0n) is 14.6. The van der Waals surface area contributed by atoms with Gasteiger partial charge >= 0.3 is 6.09 Å². The fourth-order valence-corrected chi connectivity index (χ4v) is 3.46. The van der Waals surface area contributed by atoms with Crippen LogP contribution in [0.5, 0.6) is 0 Å². The average molecular weight is 356 g/mol. The zero-order chi connectivity index (χ0) is 18.7. The number of hydrogen-bond acceptors (Lipinski definition) is 3. The lowest BCUT2D eigenvalue weighted by Gasteiger charge is -2.25. The second-order valence-corrected chi connectivity index (χ2v) is 6.68. The zero-order valence-corrected chi connectivity index (χ0v) is 14.6. The Labute approximate surface area is 151 Å². The van der Waals surface area contributed by atoms with Gasteiger partial charge in [0.1, 0.15) is 5.82 Å². The van der Waals surface area contributed by atoms with E-state index in [1.807, 2.05) is 7.05 Å². The van der Waals surface area contributed by atoms with Gasteiger partial charge in [-0.25, -0.2) is 9.18 Å². The standard InChI is InChI=1S/C20H21FN2O3/c1-22-9-8-14(11-22)12-23(20(25)26)19-5-3-2-4-17(19)15-6-7-16(13-24)18(21)10-15/h2-7,10,13-14H,8-9,11-12H2,1H3,(H,25,26)/t14-/m1/s1. The summed E-state index contributed by atoms with van der Waals surface area (Å²) >= 11 is 0. The number of benzene rings is 2. The van der Waals surface area contributed by atoms with Gasteiger partial charge in [-0.2, -0.15) is 0 Å². The number of nitrogens with zero attached hydrogens (tertiary/aromatic N) is 2. The molecular formula is C20H21FN2O3. The number of hydrogen-bond donors (Lipinski definition) is 1. The molecular weight excluding hydrogens is 335 g/mol. The van der Waals surface area contributed by atoms with Gasteiger partial charge in [-0.3, -0.25) is 9.69 Å². The van der Waals surface area contributed by atoms with E-state index in [-0.39, 0.29) is 11.5 Å². The van der Waals surface area contributed by atoms with Crippen LogP contribution in [0.4, 0.5) is 14.9 Å². The molecule has 0 unspecified atom stereocenters. The van der Waals surface area contributed by atoms with Gasteiger partial charge in [0.15, 0.2) is 6.29 Å². The molecule has 26 heavy (non-hydrogen) atoms. The first-order valence-electron chi connectivity index (χ1n) is 8.52. The van der Waals surface area contributed by atoms with Crippen molar-refractivity contribution in [3.8, 4) is 11.1 Å². The molecule has 0 aliphatic carbocycles. The Morgan fingerprint density at radius 3 is 2.73 bits per heavy atom. The summed E-state index contributed by atoms with van der Waals surface area (Å²) in [7, 11) is 2.02. The number of halogens is 1. The maximum absolute atomic E-state index is 14.0. The summed E-state index contributed by atoms with van der Waals surface area (Å²) < 4.78 is 14.0. The van der Waals surface area contributed by atoms with E-state index in [9.17, 15) is 19.1 Å². The molecule has 1 N–H and O–H groups in total. The Balaban J connectivity index is 1.97. The molecule has 3 rings (SSSR count). The number of carbonyl (C=O) groups excluding carboxylic acids is 1. The average Bonchev–Trinajstić information content (AvgIpc) is 3.04. The van der Waals surface area contributed by atoms with Crippen LogP contribution < -0.4 is 4.90 Å². The summed E-state index contributed by atoms with van der Waals surface area (Å²) in [6, 6.07) is 11.4. The summed E-state index contributed by atoms with van der Waals surface area (Å²) in [6.07, 6.45) is 0.382. The molecule has 2 aromatic rings. The van der Waals surface area contributed by atoms with Crippen molar-refractivity contribution in [2.24, 2.45) is 5.92 Å².